The Morgan fingerprint density at radius 1 is 1.24 bits per heavy atom. The number of carbonyl (C=O) groups excluding carboxylic acids is 1. The Balaban J connectivity index is 1.96. The molecule has 10 heteroatoms. The summed E-state index contributed by atoms with van der Waals surface area (Å²) in [5.74, 6) is -0.732. The van der Waals surface area contributed by atoms with Gasteiger partial charge in [-0.05, 0) is 44.1 Å². The highest BCUT2D eigenvalue weighted by molar-refractivity contribution is 7.99. The predicted octanol–water partition coefficient (Wildman–Crippen LogP) is 2.05. The van der Waals surface area contributed by atoms with Crippen LogP contribution in [-0.2, 0) is 16.0 Å². The maximum absolute atomic E-state index is 12.6. The number of aryl methyl sites for hydroxylation is 1. The molecule has 34 heavy (non-hydrogen) atoms. The molecule has 2 aromatic rings. The number of aliphatic hydroxyl groups is 1. The molecule has 0 saturated heterocycles. The minimum absolute atomic E-state index is 0.0124. The largest absolute Gasteiger partial charge is 0.491 e. The molecule has 0 bridgehead atoms. The summed E-state index contributed by atoms with van der Waals surface area (Å²) in [6, 6.07) is 4.23. The van der Waals surface area contributed by atoms with E-state index in [0.29, 0.717) is 23.3 Å². The van der Waals surface area contributed by atoms with Crippen molar-refractivity contribution < 1.29 is 29.0 Å². The summed E-state index contributed by atoms with van der Waals surface area (Å²) < 4.78 is 11.2. The molecule has 9 nitrogen and oxygen atoms in total. The number of carboxylic acids is 1. The number of rotatable bonds is 14. The SMILES string of the molecule is CCN(CC)CCc1c(C)c2ccc(OCC(O)CSC[C@@H](NC(C)=O)C(=O)O)cc2oc1=O. The Labute approximate surface area is 203 Å². The number of aliphatic carboxylic acids is 1. The number of hydrogen-bond donors (Lipinski definition) is 3. The van der Waals surface area contributed by atoms with Gasteiger partial charge >= 0.3 is 11.6 Å². The Morgan fingerprint density at radius 3 is 2.56 bits per heavy atom. The number of aliphatic hydroxyl groups excluding tert-OH is 1. The van der Waals surface area contributed by atoms with Gasteiger partial charge in [0.1, 0.15) is 24.0 Å². The molecule has 2 atom stereocenters. The number of benzene rings is 1. The summed E-state index contributed by atoms with van der Waals surface area (Å²) in [6.45, 7) is 9.99. The van der Waals surface area contributed by atoms with Crippen molar-refractivity contribution in [3.8, 4) is 5.75 Å². The highest BCUT2D eigenvalue weighted by Crippen LogP contribution is 2.24. The first-order chi connectivity index (χ1) is 16.2. The van der Waals surface area contributed by atoms with Gasteiger partial charge < -0.3 is 29.6 Å². The lowest BCUT2D eigenvalue weighted by atomic mass is 10.0. The predicted molar refractivity (Wildman–Crippen MR) is 133 cm³/mol. The highest BCUT2D eigenvalue weighted by atomic mass is 32.2. The third-order valence-corrected chi connectivity index (χ3v) is 6.73. The van der Waals surface area contributed by atoms with Crippen LogP contribution in [0.5, 0.6) is 5.75 Å². The standard InChI is InChI=1S/C24H34N2O7S/c1-5-26(6-2)10-9-20-15(3)19-8-7-18(11-22(19)33-24(20)31)32-12-17(28)13-34-14-21(23(29)30)25-16(4)27/h7-8,11,17,21,28H,5-6,9-10,12-14H2,1-4H3,(H,25,27)(H,29,30)/t17?,21-/m1/s1. The van der Waals surface area contributed by atoms with Gasteiger partial charge in [0, 0.05) is 42.0 Å². The van der Waals surface area contributed by atoms with Gasteiger partial charge in [0.25, 0.3) is 0 Å². The molecule has 0 saturated carbocycles. The lowest BCUT2D eigenvalue weighted by Crippen LogP contribution is -2.41. The number of fused-ring (bicyclic) bond motifs is 1. The average Bonchev–Trinajstić information content (AvgIpc) is 2.78. The summed E-state index contributed by atoms with van der Waals surface area (Å²) in [5, 5.41) is 22.5. The van der Waals surface area contributed by atoms with E-state index in [1.54, 1.807) is 12.1 Å². The van der Waals surface area contributed by atoms with Crippen LogP contribution in [0.4, 0.5) is 0 Å². The van der Waals surface area contributed by atoms with Gasteiger partial charge in [0.05, 0.1) is 6.10 Å². The molecule has 1 aromatic carbocycles. The van der Waals surface area contributed by atoms with Crippen LogP contribution in [0.1, 0.15) is 31.9 Å². The molecule has 1 heterocycles. The molecule has 0 aliphatic rings. The van der Waals surface area contributed by atoms with E-state index >= 15 is 0 Å². The van der Waals surface area contributed by atoms with Crippen molar-refractivity contribution in [3.63, 3.8) is 0 Å². The van der Waals surface area contributed by atoms with Gasteiger partial charge in [-0.3, -0.25) is 4.79 Å². The zero-order valence-electron chi connectivity index (χ0n) is 20.1. The third-order valence-electron chi connectivity index (χ3n) is 5.54. The summed E-state index contributed by atoms with van der Waals surface area (Å²) >= 11 is 1.20. The van der Waals surface area contributed by atoms with Crippen molar-refractivity contribution >= 4 is 34.6 Å². The molecule has 1 amide bonds. The van der Waals surface area contributed by atoms with Gasteiger partial charge in [0.15, 0.2) is 0 Å². The Hall–Kier alpha value is -2.56. The van der Waals surface area contributed by atoms with Crippen LogP contribution in [0, 0.1) is 6.92 Å². The van der Waals surface area contributed by atoms with Crippen molar-refractivity contribution in [2.24, 2.45) is 0 Å². The third kappa shape index (κ3) is 8.03. The second-order valence-corrected chi connectivity index (χ2v) is 9.10. The number of thioether (sulfide) groups is 1. The fourth-order valence-corrected chi connectivity index (χ4v) is 4.51. The van der Waals surface area contributed by atoms with E-state index in [0.717, 1.165) is 30.6 Å². The number of ether oxygens (including phenoxy) is 1. The fraction of sp³-hybridized carbons (Fsp3) is 0.542. The van der Waals surface area contributed by atoms with E-state index in [9.17, 15) is 19.5 Å². The number of carboxylic acid groups (broad SMARTS) is 1. The lowest BCUT2D eigenvalue weighted by molar-refractivity contribution is -0.140. The smallest absolute Gasteiger partial charge is 0.339 e. The fourth-order valence-electron chi connectivity index (χ4n) is 3.55. The first-order valence-electron chi connectivity index (χ1n) is 11.3. The first kappa shape index (κ1) is 27.7. The van der Waals surface area contributed by atoms with Crippen LogP contribution in [-0.4, -0.2) is 76.9 Å². The topological polar surface area (TPSA) is 129 Å². The normalized spacial score (nSPS) is 13.1. The van der Waals surface area contributed by atoms with Crippen LogP contribution in [0.25, 0.3) is 11.0 Å². The molecule has 1 aromatic heterocycles. The van der Waals surface area contributed by atoms with Gasteiger partial charge in [-0.25, -0.2) is 9.59 Å². The van der Waals surface area contributed by atoms with E-state index < -0.39 is 24.0 Å². The number of nitrogens with one attached hydrogen (secondary N) is 1. The molecule has 2 rings (SSSR count). The van der Waals surface area contributed by atoms with Crippen molar-refractivity contribution in [3.05, 3.63) is 39.7 Å². The van der Waals surface area contributed by atoms with Gasteiger partial charge in [-0.2, -0.15) is 11.8 Å². The van der Waals surface area contributed by atoms with E-state index in [4.69, 9.17) is 14.3 Å². The van der Waals surface area contributed by atoms with Crippen molar-refractivity contribution in [2.75, 3.05) is 37.7 Å². The van der Waals surface area contributed by atoms with E-state index in [2.05, 4.69) is 24.1 Å². The molecule has 0 spiro atoms. The molecule has 0 aliphatic heterocycles. The highest BCUT2D eigenvalue weighted by Gasteiger charge is 2.19. The quantitative estimate of drug-likeness (QED) is 0.338. The summed E-state index contributed by atoms with van der Waals surface area (Å²) in [5.41, 5.74) is 1.65. The number of nitrogens with zero attached hydrogens (tertiary/aromatic N) is 1. The van der Waals surface area contributed by atoms with Crippen LogP contribution >= 0.6 is 11.8 Å². The van der Waals surface area contributed by atoms with Crippen molar-refractivity contribution in [1.29, 1.82) is 0 Å². The van der Waals surface area contributed by atoms with E-state index in [1.807, 2.05) is 13.0 Å². The lowest BCUT2D eigenvalue weighted by Gasteiger charge is -2.18. The summed E-state index contributed by atoms with van der Waals surface area (Å²) in [6.07, 6.45) is -0.220. The van der Waals surface area contributed by atoms with E-state index in [-0.39, 0.29) is 23.7 Å². The van der Waals surface area contributed by atoms with Crippen molar-refractivity contribution in [2.45, 2.75) is 46.3 Å². The molecule has 0 aliphatic carbocycles. The molecular formula is C24H34N2O7S. The average molecular weight is 495 g/mol. The van der Waals surface area contributed by atoms with Gasteiger partial charge in [-0.1, -0.05) is 13.8 Å². The minimum Gasteiger partial charge on any atom is -0.491 e. The molecule has 3 N–H and O–H groups in total. The molecule has 1 unspecified atom stereocenters. The Kier molecular flexibility index (Phi) is 10.9. The Bertz CT molecular complexity index is 1040. The summed E-state index contributed by atoms with van der Waals surface area (Å²) in [7, 11) is 0. The van der Waals surface area contributed by atoms with Crippen molar-refractivity contribution in [1.82, 2.24) is 10.2 Å². The van der Waals surface area contributed by atoms with Gasteiger partial charge in [-0.15, -0.1) is 0 Å². The van der Waals surface area contributed by atoms with Crippen LogP contribution < -0.4 is 15.7 Å². The molecular weight excluding hydrogens is 460 g/mol. The minimum atomic E-state index is -1.13. The number of carbonyl (C=O) groups is 2. The van der Waals surface area contributed by atoms with E-state index in [1.165, 1.54) is 18.7 Å². The summed E-state index contributed by atoms with van der Waals surface area (Å²) in [4.78, 5) is 37.0. The second kappa shape index (κ2) is 13.4. The van der Waals surface area contributed by atoms with Crippen LogP contribution in [0.15, 0.2) is 27.4 Å². The zero-order chi connectivity index (χ0) is 25.3. The maximum Gasteiger partial charge on any atom is 0.339 e. The monoisotopic (exact) mass is 494 g/mol. The number of hydrogen-bond acceptors (Lipinski definition) is 8. The van der Waals surface area contributed by atoms with Gasteiger partial charge in [0.2, 0.25) is 5.91 Å². The number of amides is 1. The number of likely N-dealkylation sites (N-methyl/N-ethyl adjacent to an activating group) is 1. The first-order valence-corrected chi connectivity index (χ1v) is 12.5. The molecule has 0 fully saturated rings. The molecule has 0 radical (unpaired) electrons. The van der Waals surface area contributed by atoms with Crippen LogP contribution in [0.2, 0.25) is 0 Å². The molecule has 188 valence electrons. The zero-order valence-corrected chi connectivity index (χ0v) is 20.9. The maximum atomic E-state index is 12.6. The van der Waals surface area contributed by atoms with Crippen LogP contribution in [0.3, 0.4) is 0 Å². The second-order valence-electron chi connectivity index (χ2n) is 8.02. The Morgan fingerprint density at radius 2 is 1.94 bits per heavy atom.